The van der Waals surface area contributed by atoms with Crippen LogP contribution in [0, 0.1) is 0 Å². The molecule has 2 aromatic carbocycles. The topological polar surface area (TPSA) is 86.7 Å². The molecule has 0 saturated carbocycles. The van der Waals surface area contributed by atoms with Gasteiger partial charge in [0.1, 0.15) is 5.75 Å². The van der Waals surface area contributed by atoms with E-state index in [2.05, 4.69) is 0 Å². The van der Waals surface area contributed by atoms with Crippen molar-refractivity contribution in [2.45, 2.75) is 11.4 Å². The van der Waals surface area contributed by atoms with E-state index < -0.39 is 22.5 Å². The lowest BCUT2D eigenvalue weighted by atomic mass is 10.2. The lowest BCUT2D eigenvalue weighted by molar-refractivity contribution is -0.305. The Hall–Kier alpha value is -2.09. The second kappa shape index (κ2) is 7.65. The van der Waals surface area contributed by atoms with E-state index in [-0.39, 0.29) is 16.5 Å². The van der Waals surface area contributed by atoms with Crippen LogP contribution in [0.4, 0.5) is 0 Å². The second-order valence-corrected chi connectivity index (χ2v) is 7.27. The highest BCUT2D eigenvalue weighted by Gasteiger charge is 2.25. The summed E-state index contributed by atoms with van der Waals surface area (Å²) < 4.78 is 31.3. The van der Waals surface area contributed by atoms with Crippen LogP contribution in [0.3, 0.4) is 0 Å². The monoisotopic (exact) mass is 368 g/mol. The zero-order valence-electron chi connectivity index (χ0n) is 12.8. The lowest BCUT2D eigenvalue weighted by Gasteiger charge is -2.23. The summed E-state index contributed by atoms with van der Waals surface area (Å²) in [4.78, 5) is 10.9. The van der Waals surface area contributed by atoms with Crippen LogP contribution in [-0.4, -0.2) is 32.3 Å². The zero-order chi connectivity index (χ0) is 17.7. The Labute approximate surface area is 145 Å². The molecule has 0 aliphatic carbocycles. The van der Waals surface area contributed by atoms with Gasteiger partial charge in [-0.25, -0.2) is 8.42 Å². The van der Waals surface area contributed by atoms with Crippen LogP contribution < -0.4 is 9.84 Å². The summed E-state index contributed by atoms with van der Waals surface area (Å²) in [5, 5.41) is 11.1. The van der Waals surface area contributed by atoms with E-state index in [9.17, 15) is 18.3 Å². The van der Waals surface area contributed by atoms with Crippen molar-refractivity contribution in [3.05, 3.63) is 59.1 Å². The van der Waals surface area contributed by atoms with Gasteiger partial charge in [0.2, 0.25) is 10.0 Å². The van der Waals surface area contributed by atoms with E-state index in [0.29, 0.717) is 11.3 Å². The third-order valence-corrected chi connectivity index (χ3v) is 5.35. The molecule has 8 heteroatoms. The van der Waals surface area contributed by atoms with Crippen molar-refractivity contribution in [1.29, 1.82) is 0 Å². The van der Waals surface area contributed by atoms with E-state index in [1.54, 1.807) is 30.3 Å². The van der Waals surface area contributed by atoms with Crippen LogP contribution in [0.5, 0.6) is 5.75 Å². The second-order valence-electron chi connectivity index (χ2n) is 4.93. The molecule has 2 aromatic rings. The van der Waals surface area contributed by atoms with Gasteiger partial charge < -0.3 is 14.6 Å². The largest absolute Gasteiger partial charge is 0.549 e. The Morgan fingerprint density at radius 1 is 1.21 bits per heavy atom. The molecule has 0 aromatic heterocycles. The number of carboxylic acid groups (broad SMARTS) is 1. The summed E-state index contributed by atoms with van der Waals surface area (Å²) in [6.45, 7) is -0.859. The number of hydrogen-bond acceptors (Lipinski definition) is 5. The van der Waals surface area contributed by atoms with Crippen molar-refractivity contribution in [2.75, 3.05) is 13.7 Å². The summed E-state index contributed by atoms with van der Waals surface area (Å²) in [7, 11) is -2.66. The molecule has 0 saturated heterocycles. The molecule has 0 unspecified atom stereocenters. The minimum atomic E-state index is -4.07. The van der Waals surface area contributed by atoms with Crippen LogP contribution in [0.1, 0.15) is 5.56 Å². The molecule has 0 fully saturated rings. The number of rotatable bonds is 7. The molecule has 0 heterocycles. The normalized spacial score (nSPS) is 11.5. The minimum absolute atomic E-state index is 0.0964. The van der Waals surface area contributed by atoms with Gasteiger partial charge in [-0.3, -0.25) is 0 Å². The maximum absolute atomic E-state index is 12.8. The van der Waals surface area contributed by atoms with Crippen LogP contribution in [0.25, 0.3) is 0 Å². The maximum atomic E-state index is 12.8. The smallest absolute Gasteiger partial charge is 0.243 e. The van der Waals surface area contributed by atoms with Crippen LogP contribution in [0.15, 0.2) is 53.4 Å². The highest BCUT2D eigenvalue weighted by atomic mass is 35.5. The van der Waals surface area contributed by atoms with E-state index in [4.69, 9.17) is 16.3 Å². The van der Waals surface area contributed by atoms with Crippen molar-refractivity contribution < 1.29 is 23.1 Å². The molecular weight excluding hydrogens is 354 g/mol. The van der Waals surface area contributed by atoms with E-state index in [1.165, 1.54) is 25.3 Å². The molecule has 24 heavy (non-hydrogen) atoms. The van der Waals surface area contributed by atoms with E-state index in [0.717, 1.165) is 4.31 Å². The molecule has 2 rings (SSSR count). The fraction of sp³-hybridized carbons (Fsp3) is 0.188. The van der Waals surface area contributed by atoms with Crippen molar-refractivity contribution in [3.8, 4) is 5.75 Å². The summed E-state index contributed by atoms with van der Waals surface area (Å²) in [6.07, 6.45) is 0. The number of benzene rings is 2. The molecule has 128 valence electrons. The van der Waals surface area contributed by atoms with E-state index in [1.807, 2.05) is 0 Å². The van der Waals surface area contributed by atoms with Crippen molar-refractivity contribution in [2.24, 2.45) is 0 Å². The molecule has 0 amide bonds. The minimum Gasteiger partial charge on any atom is -0.549 e. The van der Waals surface area contributed by atoms with Gasteiger partial charge in [0.25, 0.3) is 0 Å². The first-order chi connectivity index (χ1) is 11.3. The van der Waals surface area contributed by atoms with Gasteiger partial charge >= 0.3 is 0 Å². The fourth-order valence-electron chi connectivity index (χ4n) is 2.11. The predicted octanol–water partition coefficient (Wildman–Crippen LogP) is 1.29. The average molecular weight is 369 g/mol. The van der Waals surface area contributed by atoms with Gasteiger partial charge in [0.15, 0.2) is 0 Å². The number of halogens is 1. The molecule has 0 radical (unpaired) electrons. The number of carbonyl (C=O) groups is 1. The van der Waals surface area contributed by atoms with Crippen molar-refractivity contribution in [3.63, 3.8) is 0 Å². The molecule has 0 N–H and O–H groups in total. The highest BCUT2D eigenvalue weighted by Crippen LogP contribution is 2.28. The van der Waals surface area contributed by atoms with Gasteiger partial charge in [-0.2, -0.15) is 4.31 Å². The van der Waals surface area contributed by atoms with Gasteiger partial charge in [-0.05, 0) is 23.8 Å². The third kappa shape index (κ3) is 4.25. The molecule has 0 atom stereocenters. The number of carboxylic acids is 1. The lowest BCUT2D eigenvalue weighted by Crippen LogP contribution is -2.41. The van der Waals surface area contributed by atoms with Crippen LogP contribution in [-0.2, 0) is 21.4 Å². The number of ether oxygens (including phenoxy) is 1. The number of aliphatic carboxylic acids is 1. The standard InChI is InChI=1S/C16H16ClNO5S/c1-23-15-8-7-13(9-14(15)17)24(21,22)18(11-16(19)20)10-12-5-3-2-4-6-12/h2-9H,10-11H2,1H3,(H,19,20)/p-1. The molecule has 6 nitrogen and oxygen atoms in total. The van der Waals surface area contributed by atoms with Crippen molar-refractivity contribution in [1.82, 2.24) is 4.31 Å². The first kappa shape index (κ1) is 18.3. The molecule has 0 aliphatic rings. The first-order valence-electron chi connectivity index (χ1n) is 6.92. The molecule has 0 bridgehead atoms. The summed E-state index contributed by atoms with van der Waals surface area (Å²) in [5.74, 6) is -1.17. The van der Waals surface area contributed by atoms with E-state index >= 15 is 0 Å². The third-order valence-electron chi connectivity index (χ3n) is 3.27. The Bertz CT molecular complexity index is 824. The van der Waals surface area contributed by atoms with Crippen LogP contribution >= 0.6 is 11.6 Å². The number of nitrogens with zero attached hydrogens (tertiary/aromatic N) is 1. The number of sulfonamides is 1. The Kier molecular flexibility index (Phi) is 5.82. The SMILES string of the molecule is COc1ccc(S(=O)(=O)N(CC(=O)[O-])Cc2ccccc2)cc1Cl. The Balaban J connectivity index is 2.39. The predicted molar refractivity (Wildman–Crippen MR) is 87.0 cm³/mol. The number of methoxy groups -OCH3 is 1. The quantitative estimate of drug-likeness (QED) is 0.735. The molecule has 0 spiro atoms. The van der Waals surface area contributed by atoms with Gasteiger partial charge in [-0.1, -0.05) is 41.9 Å². The van der Waals surface area contributed by atoms with Gasteiger partial charge in [-0.15, -0.1) is 0 Å². The molecule has 0 aliphatic heterocycles. The van der Waals surface area contributed by atoms with Gasteiger partial charge in [0, 0.05) is 6.54 Å². The van der Waals surface area contributed by atoms with Gasteiger partial charge in [0.05, 0.1) is 29.5 Å². The first-order valence-corrected chi connectivity index (χ1v) is 8.74. The maximum Gasteiger partial charge on any atom is 0.243 e. The Morgan fingerprint density at radius 2 is 1.88 bits per heavy atom. The molecular formula is C16H15ClNO5S-. The number of hydrogen-bond donors (Lipinski definition) is 0. The van der Waals surface area contributed by atoms with Crippen LogP contribution in [0.2, 0.25) is 5.02 Å². The highest BCUT2D eigenvalue weighted by molar-refractivity contribution is 7.89. The summed E-state index contributed by atoms with van der Waals surface area (Å²) >= 11 is 5.97. The number of carbonyl (C=O) groups excluding carboxylic acids is 1. The van der Waals surface area contributed by atoms with Crippen molar-refractivity contribution >= 4 is 27.6 Å². The Morgan fingerprint density at radius 3 is 2.42 bits per heavy atom. The summed E-state index contributed by atoms with van der Waals surface area (Å²) in [5.41, 5.74) is 0.655. The average Bonchev–Trinajstić information content (AvgIpc) is 2.54. The summed E-state index contributed by atoms with van der Waals surface area (Å²) in [6, 6.07) is 12.6. The fourth-order valence-corrected chi connectivity index (χ4v) is 3.84. The zero-order valence-corrected chi connectivity index (χ0v) is 14.4.